The molecule has 1 amide bonds. The summed E-state index contributed by atoms with van der Waals surface area (Å²) in [5.41, 5.74) is 0.616. The van der Waals surface area contributed by atoms with Crippen LogP contribution in [0.2, 0.25) is 0 Å². The Morgan fingerprint density at radius 2 is 2.14 bits per heavy atom. The number of halogens is 1. The highest BCUT2D eigenvalue weighted by atomic mass is 32.2. The van der Waals surface area contributed by atoms with Gasteiger partial charge in [0, 0.05) is 17.9 Å². The number of carbonyl (C=O) groups excluding carboxylic acids is 3. The fourth-order valence-corrected chi connectivity index (χ4v) is 5.20. The molecule has 146 valence electrons. The molecular weight excluding hydrogens is 385 g/mol. The van der Waals surface area contributed by atoms with Gasteiger partial charge in [0.2, 0.25) is 5.91 Å². The second-order valence-electron chi connectivity index (χ2n) is 6.70. The van der Waals surface area contributed by atoms with Crippen molar-refractivity contribution < 1.29 is 23.5 Å². The van der Waals surface area contributed by atoms with Crippen LogP contribution in [-0.4, -0.2) is 46.7 Å². The second kappa shape index (κ2) is 7.72. The first-order chi connectivity index (χ1) is 13.3. The van der Waals surface area contributed by atoms with E-state index in [1.807, 2.05) is 0 Å². The minimum absolute atomic E-state index is 0.120. The van der Waals surface area contributed by atoms with Crippen LogP contribution in [0.4, 0.5) is 4.39 Å². The number of amides is 1. The van der Waals surface area contributed by atoms with Gasteiger partial charge in [-0.2, -0.15) is 5.26 Å². The molecule has 1 aromatic rings. The van der Waals surface area contributed by atoms with Crippen LogP contribution in [0.15, 0.2) is 24.3 Å². The highest BCUT2D eigenvalue weighted by Crippen LogP contribution is 2.54. The summed E-state index contributed by atoms with van der Waals surface area (Å²) in [6.45, 7) is 0.710. The third-order valence-corrected chi connectivity index (χ3v) is 6.53. The molecule has 3 atom stereocenters. The molecule has 2 aliphatic heterocycles. The van der Waals surface area contributed by atoms with Crippen molar-refractivity contribution in [1.29, 1.82) is 10.7 Å². The number of nitrogens with zero attached hydrogens (tertiary/aromatic N) is 2. The number of ketones is 1. The smallest absolute Gasteiger partial charge is 0.330 e. The number of ether oxygens (including phenoxy) is 1. The number of rotatable bonds is 6. The zero-order valence-electron chi connectivity index (χ0n) is 15.1. The number of esters is 1. The lowest BCUT2D eigenvalue weighted by Crippen LogP contribution is -2.47. The van der Waals surface area contributed by atoms with Gasteiger partial charge in [-0.15, -0.1) is 11.8 Å². The third kappa shape index (κ3) is 3.40. The molecule has 3 rings (SSSR count). The minimum Gasteiger partial charge on any atom is -0.456 e. The summed E-state index contributed by atoms with van der Waals surface area (Å²) in [7, 11) is 0. The summed E-state index contributed by atoms with van der Waals surface area (Å²) >= 11 is 1.42. The van der Waals surface area contributed by atoms with E-state index in [2.05, 4.69) is 0 Å². The summed E-state index contributed by atoms with van der Waals surface area (Å²) in [4.78, 5) is 37.8. The number of Topliss-reactive ketones (excluding diaryl/α,β-unsaturated/α-hetero) is 1. The average Bonchev–Trinajstić information content (AvgIpc) is 3.20. The number of carbonyl (C=O) groups is 3. The fourth-order valence-electron chi connectivity index (χ4n) is 3.56. The van der Waals surface area contributed by atoms with Crippen molar-refractivity contribution in [2.45, 2.75) is 30.7 Å². The van der Waals surface area contributed by atoms with Crippen LogP contribution >= 0.6 is 11.8 Å². The van der Waals surface area contributed by atoms with Crippen molar-refractivity contribution in [3.05, 3.63) is 35.6 Å². The van der Waals surface area contributed by atoms with Gasteiger partial charge in [0.05, 0.1) is 6.07 Å². The lowest BCUT2D eigenvalue weighted by molar-refractivity contribution is -0.156. The highest BCUT2D eigenvalue weighted by molar-refractivity contribution is 8.00. The Labute approximate surface area is 165 Å². The van der Waals surface area contributed by atoms with Crippen LogP contribution < -0.4 is 0 Å². The maximum absolute atomic E-state index is 13.3. The van der Waals surface area contributed by atoms with Crippen LogP contribution in [0, 0.1) is 28.5 Å². The van der Waals surface area contributed by atoms with Crippen LogP contribution in [0.5, 0.6) is 0 Å². The molecule has 0 saturated carbocycles. The lowest BCUT2D eigenvalue weighted by atomic mass is 10.0. The van der Waals surface area contributed by atoms with E-state index in [0.29, 0.717) is 12.2 Å². The molecule has 1 unspecified atom stereocenters. The van der Waals surface area contributed by atoms with E-state index < -0.39 is 35.2 Å². The first kappa shape index (κ1) is 20.0. The Bertz CT molecular complexity index is 882. The Hall–Kier alpha value is -2.73. The van der Waals surface area contributed by atoms with E-state index >= 15 is 0 Å². The molecule has 9 heteroatoms. The largest absolute Gasteiger partial charge is 0.456 e. The lowest BCUT2D eigenvalue weighted by Gasteiger charge is -2.33. The van der Waals surface area contributed by atoms with Crippen LogP contribution in [0.3, 0.4) is 0 Å². The number of thioether (sulfide) groups is 1. The summed E-state index contributed by atoms with van der Waals surface area (Å²) in [6.07, 6.45) is 0.755. The molecule has 1 N–H and O–H groups in total. The Kier molecular flexibility index (Phi) is 5.52. The van der Waals surface area contributed by atoms with Crippen LogP contribution in [0.25, 0.3) is 0 Å². The SMILES string of the molecule is CC(=N)C(C#N)C(=O)COC(=O)[C@H]1CS[C@]2(c3ccc(F)cc3)CCC(=O)N12. The molecule has 0 aliphatic carbocycles. The molecule has 0 radical (unpaired) electrons. The van der Waals surface area contributed by atoms with Gasteiger partial charge in [0.15, 0.2) is 12.4 Å². The first-order valence-electron chi connectivity index (χ1n) is 8.66. The predicted octanol–water partition coefficient (Wildman–Crippen LogP) is 2.01. The molecular formula is C19H18FN3O4S. The zero-order chi connectivity index (χ0) is 20.5. The summed E-state index contributed by atoms with van der Waals surface area (Å²) in [5, 5.41) is 16.4. The number of hydrogen-bond donors (Lipinski definition) is 1. The van der Waals surface area contributed by atoms with E-state index in [-0.39, 0.29) is 23.9 Å². The van der Waals surface area contributed by atoms with E-state index in [1.54, 1.807) is 18.2 Å². The van der Waals surface area contributed by atoms with Gasteiger partial charge in [-0.1, -0.05) is 12.1 Å². The maximum atomic E-state index is 13.3. The molecule has 0 bridgehead atoms. The molecule has 28 heavy (non-hydrogen) atoms. The van der Waals surface area contributed by atoms with Gasteiger partial charge >= 0.3 is 5.97 Å². The molecule has 0 aromatic heterocycles. The Balaban J connectivity index is 1.75. The van der Waals surface area contributed by atoms with E-state index in [4.69, 9.17) is 15.4 Å². The third-order valence-electron chi connectivity index (χ3n) is 4.94. The van der Waals surface area contributed by atoms with Gasteiger partial charge in [0.1, 0.15) is 22.6 Å². The maximum Gasteiger partial charge on any atom is 0.330 e. The summed E-state index contributed by atoms with van der Waals surface area (Å²) in [6, 6.07) is 6.69. The second-order valence-corrected chi connectivity index (χ2v) is 8.00. The standard InChI is InChI=1S/C19H18FN3O4S/c1-11(22)14(8-21)16(24)9-27-18(26)15-10-28-19(7-6-17(25)23(15)19)12-2-4-13(20)5-3-12/h2-5,14-15,22H,6-7,9-10H2,1H3/t14?,15-,19+/m1/s1. The van der Waals surface area contributed by atoms with Gasteiger partial charge in [0.25, 0.3) is 0 Å². The number of fused-ring (bicyclic) bond motifs is 1. The number of nitrogens with one attached hydrogen (secondary N) is 1. The van der Waals surface area contributed by atoms with Crippen molar-refractivity contribution >= 4 is 35.1 Å². The van der Waals surface area contributed by atoms with E-state index in [9.17, 15) is 18.8 Å². The summed E-state index contributed by atoms with van der Waals surface area (Å²) < 4.78 is 18.4. The van der Waals surface area contributed by atoms with Crippen LogP contribution in [0.1, 0.15) is 25.3 Å². The monoisotopic (exact) mass is 403 g/mol. The molecule has 1 aromatic carbocycles. The van der Waals surface area contributed by atoms with Gasteiger partial charge in [-0.05, 0) is 31.0 Å². The van der Waals surface area contributed by atoms with Gasteiger partial charge in [-0.3, -0.25) is 9.59 Å². The Morgan fingerprint density at radius 1 is 1.46 bits per heavy atom. The quantitative estimate of drug-likeness (QED) is 0.574. The predicted molar refractivity (Wildman–Crippen MR) is 98.9 cm³/mol. The molecule has 2 fully saturated rings. The van der Waals surface area contributed by atoms with Crippen molar-refractivity contribution in [2.24, 2.45) is 5.92 Å². The van der Waals surface area contributed by atoms with Crippen molar-refractivity contribution in [3.63, 3.8) is 0 Å². The highest BCUT2D eigenvalue weighted by Gasteiger charge is 2.57. The van der Waals surface area contributed by atoms with E-state index in [0.717, 1.165) is 5.56 Å². The molecule has 2 heterocycles. The normalized spacial score (nSPS) is 24.4. The minimum atomic E-state index is -1.25. The van der Waals surface area contributed by atoms with Gasteiger partial charge in [-0.25, -0.2) is 9.18 Å². The Morgan fingerprint density at radius 3 is 2.75 bits per heavy atom. The molecule has 7 nitrogen and oxygen atoms in total. The number of benzene rings is 1. The first-order valence-corrected chi connectivity index (χ1v) is 9.65. The number of hydrogen-bond acceptors (Lipinski definition) is 7. The van der Waals surface area contributed by atoms with E-state index in [1.165, 1.54) is 35.7 Å². The average molecular weight is 403 g/mol. The number of nitriles is 1. The van der Waals surface area contributed by atoms with Crippen molar-refractivity contribution in [1.82, 2.24) is 4.90 Å². The van der Waals surface area contributed by atoms with Crippen molar-refractivity contribution in [3.8, 4) is 6.07 Å². The zero-order valence-corrected chi connectivity index (χ0v) is 15.9. The topological polar surface area (TPSA) is 111 Å². The molecule has 2 saturated heterocycles. The molecule has 2 aliphatic rings. The van der Waals surface area contributed by atoms with Crippen molar-refractivity contribution in [2.75, 3.05) is 12.4 Å². The van der Waals surface area contributed by atoms with Crippen LogP contribution in [-0.2, 0) is 24.0 Å². The summed E-state index contributed by atoms with van der Waals surface area (Å²) in [5.74, 6) is -2.94. The van der Waals surface area contributed by atoms with Gasteiger partial charge < -0.3 is 15.0 Å². The fraction of sp³-hybridized carbons (Fsp3) is 0.421. The molecule has 0 spiro atoms.